The number of anilines is 1. The predicted molar refractivity (Wildman–Crippen MR) is 150 cm³/mol. The maximum atomic E-state index is 12.3. The number of para-hydroxylation sites is 1. The van der Waals surface area contributed by atoms with E-state index in [-0.39, 0.29) is 12.3 Å². The van der Waals surface area contributed by atoms with Crippen LogP contribution in [0.4, 0.5) is 10.6 Å². The number of rotatable bonds is 6. The number of hydrogen-bond donors (Lipinski definition) is 1. The van der Waals surface area contributed by atoms with E-state index in [1.54, 1.807) is 29.3 Å². The molecule has 2 aliphatic rings. The summed E-state index contributed by atoms with van der Waals surface area (Å²) in [5, 5.41) is 3.30. The van der Waals surface area contributed by atoms with E-state index < -0.39 is 6.03 Å². The third kappa shape index (κ3) is 5.11. The van der Waals surface area contributed by atoms with Gasteiger partial charge < -0.3 is 9.30 Å². The molecule has 10 heteroatoms. The Morgan fingerprint density at radius 2 is 1.72 bits per heavy atom. The SMILES string of the molecule is Cn1c(N2CCC(=O)NC2=O)cnc1-c1ccc2c(c1)CN(Cc1ccc(Oc3c(Cl)cccc3Cl)cc1)C2. The average molecular weight is 562 g/mol. The van der Waals surface area contributed by atoms with Crippen molar-refractivity contribution in [1.82, 2.24) is 19.8 Å². The number of fused-ring (bicyclic) bond motifs is 1. The summed E-state index contributed by atoms with van der Waals surface area (Å²) in [6.07, 6.45) is 1.95. The first kappa shape index (κ1) is 25.4. The maximum Gasteiger partial charge on any atom is 0.329 e. The van der Waals surface area contributed by atoms with Crippen LogP contribution in [0, 0.1) is 0 Å². The number of carbonyl (C=O) groups is 2. The standard InChI is InChI=1S/C29H25Cl2N5O3/c1-34-26(36-12-11-25(37)33-29(36)38)14-32-28(34)19-7-8-20-16-35(17-21(20)13-19)15-18-5-9-22(10-6-18)39-27-23(30)3-2-4-24(27)31/h2-10,13-14H,11-12,15-17H2,1H3,(H,33,37,38). The third-order valence-corrected chi connectivity index (χ3v) is 7.61. The van der Waals surface area contributed by atoms with E-state index in [9.17, 15) is 9.59 Å². The van der Waals surface area contributed by atoms with Gasteiger partial charge in [-0.05, 0) is 47.0 Å². The fraction of sp³-hybridized carbons (Fsp3) is 0.207. The molecule has 0 radical (unpaired) electrons. The van der Waals surface area contributed by atoms with E-state index in [4.69, 9.17) is 27.9 Å². The van der Waals surface area contributed by atoms with Crippen molar-refractivity contribution >= 4 is 41.0 Å². The van der Waals surface area contributed by atoms with Gasteiger partial charge in [-0.3, -0.25) is 19.9 Å². The van der Waals surface area contributed by atoms with Gasteiger partial charge >= 0.3 is 6.03 Å². The number of nitrogens with zero attached hydrogens (tertiary/aromatic N) is 4. The van der Waals surface area contributed by atoms with Crippen molar-refractivity contribution in [3.8, 4) is 22.9 Å². The molecule has 1 fully saturated rings. The van der Waals surface area contributed by atoms with E-state index in [2.05, 4.69) is 33.4 Å². The van der Waals surface area contributed by atoms with Crippen molar-refractivity contribution < 1.29 is 14.3 Å². The topological polar surface area (TPSA) is 79.7 Å². The zero-order chi connectivity index (χ0) is 27.1. The van der Waals surface area contributed by atoms with E-state index in [1.165, 1.54) is 16.7 Å². The largest absolute Gasteiger partial charge is 0.454 e. The van der Waals surface area contributed by atoms with Crippen LogP contribution >= 0.6 is 23.2 Å². The van der Waals surface area contributed by atoms with Crippen LogP contribution in [0.3, 0.4) is 0 Å². The predicted octanol–water partition coefficient (Wildman–Crippen LogP) is 6.15. The van der Waals surface area contributed by atoms with Crippen LogP contribution in [0.2, 0.25) is 10.0 Å². The number of benzene rings is 3. The van der Waals surface area contributed by atoms with Crippen LogP contribution in [0.5, 0.6) is 11.5 Å². The molecule has 0 spiro atoms. The number of amides is 3. The normalized spacial score (nSPS) is 15.4. The van der Waals surface area contributed by atoms with E-state index in [1.807, 2.05) is 35.9 Å². The molecule has 1 saturated heterocycles. The second-order valence-electron chi connectivity index (χ2n) is 9.68. The molecule has 3 heterocycles. The molecule has 8 nitrogen and oxygen atoms in total. The Bertz CT molecular complexity index is 1560. The molecule has 6 rings (SSSR count). The lowest BCUT2D eigenvalue weighted by molar-refractivity contribution is -0.120. The molecule has 0 unspecified atom stereocenters. The highest BCUT2D eigenvalue weighted by molar-refractivity contribution is 6.37. The molecule has 0 bridgehead atoms. The number of hydrogen-bond acceptors (Lipinski definition) is 5. The minimum atomic E-state index is -0.419. The summed E-state index contributed by atoms with van der Waals surface area (Å²) in [4.78, 5) is 32.3. The van der Waals surface area contributed by atoms with Gasteiger partial charge in [-0.1, -0.05) is 53.5 Å². The highest BCUT2D eigenvalue weighted by Gasteiger charge is 2.27. The quantitative estimate of drug-likeness (QED) is 0.305. The summed E-state index contributed by atoms with van der Waals surface area (Å²) in [7, 11) is 1.88. The van der Waals surface area contributed by atoms with Gasteiger partial charge in [-0.2, -0.15) is 0 Å². The molecular weight excluding hydrogens is 537 g/mol. The van der Waals surface area contributed by atoms with Crippen LogP contribution in [-0.2, 0) is 31.5 Å². The zero-order valence-corrected chi connectivity index (χ0v) is 22.7. The molecule has 2 aliphatic heterocycles. The number of urea groups is 1. The van der Waals surface area contributed by atoms with Gasteiger partial charge in [0.05, 0.1) is 16.2 Å². The summed E-state index contributed by atoms with van der Waals surface area (Å²) >= 11 is 12.4. The summed E-state index contributed by atoms with van der Waals surface area (Å²) in [5.74, 6) is 2.29. The van der Waals surface area contributed by atoms with Crippen LogP contribution < -0.4 is 15.0 Å². The Labute approximate surface area is 235 Å². The Morgan fingerprint density at radius 1 is 0.974 bits per heavy atom. The Hall–Kier alpha value is -3.85. The van der Waals surface area contributed by atoms with Gasteiger partial charge in [-0.25, -0.2) is 9.78 Å². The van der Waals surface area contributed by atoms with Gasteiger partial charge in [0.2, 0.25) is 5.91 Å². The first-order chi connectivity index (χ1) is 18.9. The second-order valence-corrected chi connectivity index (χ2v) is 10.5. The molecule has 4 aromatic rings. The minimum absolute atomic E-state index is 0.256. The first-order valence-corrected chi connectivity index (χ1v) is 13.3. The van der Waals surface area contributed by atoms with Crippen molar-refractivity contribution in [1.29, 1.82) is 0 Å². The third-order valence-electron chi connectivity index (χ3n) is 7.01. The first-order valence-electron chi connectivity index (χ1n) is 12.5. The fourth-order valence-electron chi connectivity index (χ4n) is 5.04. The number of carbonyl (C=O) groups excluding carboxylic acids is 2. The van der Waals surface area contributed by atoms with Crippen molar-refractivity contribution in [2.24, 2.45) is 7.05 Å². The molecule has 39 heavy (non-hydrogen) atoms. The van der Waals surface area contributed by atoms with E-state index in [0.717, 1.165) is 31.0 Å². The molecular formula is C29H25Cl2N5O3. The zero-order valence-electron chi connectivity index (χ0n) is 21.2. The smallest absolute Gasteiger partial charge is 0.329 e. The Morgan fingerprint density at radius 3 is 2.46 bits per heavy atom. The Balaban J connectivity index is 1.12. The van der Waals surface area contributed by atoms with Crippen molar-refractivity contribution in [3.63, 3.8) is 0 Å². The molecule has 198 valence electrons. The number of imidazole rings is 1. The molecule has 0 saturated carbocycles. The maximum absolute atomic E-state index is 12.3. The van der Waals surface area contributed by atoms with Gasteiger partial charge in [-0.15, -0.1) is 0 Å². The van der Waals surface area contributed by atoms with Crippen LogP contribution in [0.1, 0.15) is 23.1 Å². The number of halogens is 2. The average Bonchev–Trinajstić information content (AvgIpc) is 3.49. The lowest BCUT2D eigenvalue weighted by Gasteiger charge is -2.26. The van der Waals surface area contributed by atoms with E-state index in [0.29, 0.717) is 33.9 Å². The van der Waals surface area contributed by atoms with Crippen molar-refractivity contribution in [2.75, 3.05) is 11.4 Å². The molecule has 1 N–H and O–H groups in total. The van der Waals surface area contributed by atoms with Crippen LogP contribution in [-0.4, -0.2) is 32.9 Å². The second kappa shape index (κ2) is 10.4. The van der Waals surface area contributed by atoms with Gasteiger partial charge in [0.15, 0.2) is 5.75 Å². The number of nitrogens with one attached hydrogen (secondary N) is 1. The number of imide groups is 1. The van der Waals surface area contributed by atoms with Crippen molar-refractivity contribution in [2.45, 2.75) is 26.1 Å². The summed E-state index contributed by atoms with van der Waals surface area (Å²) in [5.41, 5.74) is 4.70. The minimum Gasteiger partial charge on any atom is -0.454 e. The highest BCUT2D eigenvalue weighted by Crippen LogP contribution is 2.36. The van der Waals surface area contributed by atoms with E-state index >= 15 is 0 Å². The molecule has 3 aromatic carbocycles. The number of ether oxygens (including phenoxy) is 1. The molecule has 0 atom stereocenters. The van der Waals surface area contributed by atoms with Gasteiger partial charge in [0.1, 0.15) is 17.4 Å². The summed E-state index contributed by atoms with van der Waals surface area (Å²) < 4.78 is 7.80. The van der Waals surface area contributed by atoms with Crippen molar-refractivity contribution in [3.05, 3.63) is 93.6 Å². The number of aromatic nitrogens is 2. The highest BCUT2D eigenvalue weighted by atomic mass is 35.5. The molecule has 0 aliphatic carbocycles. The lowest BCUT2D eigenvalue weighted by Crippen LogP contribution is -2.50. The molecule has 1 aromatic heterocycles. The van der Waals surface area contributed by atoms with Gasteiger partial charge in [0, 0.05) is 45.2 Å². The summed E-state index contributed by atoms with van der Waals surface area (Å²) in [6, 6.07) is 19.2. The monoisotopic (exact) mass is 561 g/mol. The van der Waals surface area contributed by atoms with Gasteiger partial charge in [0.25, 0.3) is 0 Å². The summed E-state index contributed by atoms with van der Waals surface area (Å²) in [6.45, 7) is 2.82. The lowest BCUT2D eigenvalue weighted by atomic mass is 10.1. The fourth-order valence-corrected chi connectivity index (χ4v) is 5.51. The Kier molecular flexibility index (Phi) is 6.76. The van der Waals surface area contributed by atoms with Crippen LogP contribution in [0.25, 0.3) is 11.4 Å². The van der Waals surface area contributed by atoms with Crippen LogP contribution in [0.15, 0.2) is 66.9 Å². The molecule has 3 amide bonds.